The van der Waals surface area contributed by atoms with E-state index in [0.29, 0.717) is 23.3 Å². The number of fused-ring (bicyclic) bond motifs is 1. The average molecular weight is 319 g/mol. The van der Waals surface area contributed by atoms with Crippen molar-refractivity contribution >= 4 is 35.2 Å². The van der Waals surface area contributed by atoms with Crippen LogP contribution in [0.5, 0.6) is 0 Å². The maximum atomic E-state index is 12.3. The molecule has 7 heteroatoms. The Morgan fingerprint density at radius 1 is 1.14 bits per heavy atom. The minimum absolute atomic E-state index is 0. The van der Waals surface area contributed by atoms with Gasteiger partial charge in [0.25, 0.3) is 0 Å². The highest BCUT2D eigenvalue weighted by atomic mass is 35.5. The molecule has 2 aromatic carbocycles. The number of aromatic nitrogens is 2. The van der Waals surface area contributed by atoms with Gasteiger partial charge < -0.3 is 16.0 Å². The Morgan fingerprint density at radius 3 is 2.50 bits per heavy atom. The third kappa shape index (κ3) is 2.88. The molecular weight excluding hydrogens is 304 g/mol. The van der Waals surface area contributed by atoms with E-state index in [1.807, 2.05) is 12.1 Å². The van der Waals surface area contributed by atoms with Gasteiger partial charge in [-0.15, -0.1) is 12.4 Å². The number of imidazole rings is 1. The van der Waals surface area contributed by atoms with Crippen molar-refractivity contribution in [3.63, 3.8) is 0 Å². The van der Waals surface area contributed by atoms with E-state index in [1.54, 1.807) is 36.4 Å². The Balaban J connectivity index is 0.00000176. The van der Waals surface area contributed by atoms with Crippen LogP contribution in [0.15, 0.2) is 53.3 Å². The molecule has 3 aromatic rings. The summed E-state index contributed by atoms with van der Waals surface area (Å²) in [4.78, 5) is 26.8. The maximum absolute atomic E-state index is 12.3. The summed E-state index contributed by atoms with van der Waals surface area (Å²) < 4.78 is 1.08. The SMILES string of the molecule is Cl.NCc1ccc(NC(=O)n2c(=O)[nH]c3ccccc32)cc1. The second-order valence-electron chi connectivity index (χ2n) is 4.61. The molecule has 6 nitrogen and oxygen atoms in total. The highest BCUT2D eigenvalue weighted by Crippen LogP contribution is 2.12. The topological polar surface area (TPSA) is 92.9 Å². The second kappa shape index (κ2) is 6.46. The van der Waals surface area contributed by atoms with Crippen LogP contribution >= 0.6 is 12.4 Å². The molecule has 0 aliphatic heterocycles. The fraction of sp³-hybridized carbons (Fsp3) is 0.0667. The summed E-state index contributed by atoms with van der Waals surface area (Å²) >= 11 is 0. The van der Waals surface area contributed by atoms with Crippen molar-refractivity contribution < 1.29 is 4.79 Å². The van der Waals surface area contributed by atoms with E-state index in [2.05, 4.69) is 10.3 Å². The average Bonchev–Trinajstić information content (AvgIpc) is 2.83. The van der Waals surface area contributed by atoms with Gasteiger partial charge in [0.15, 0.2) is 0 Å². The van der Waals surface area contributed by atoms with Crippen molar-refractivity contribution in [2.45, 2.75) is 6.54 Å². The minimum Gasteiger partial charge on any atom is -0.326 e. The standard InChI is InChI=1S/C15H14N4O2.ClH/c16-9-10-5-7-11(8-6-10)17-14(20)19-13-4-2-1-3-12(13)18-15(19)21;/h1-8H,9,16H2,(H,17,20)(H,18,21);1H. The van der Waals surface area contributed by atoms with Gasteiger partial charge in [0, 0.05) is 12.2 Å². The second-order valence-corrected chi connectivity index (χ2v) is 4.61. The number of hydrogen-bond donors (Lipinski definition) is 3. The van der Waals surface area contributed by atoms with Crippen molar-refractivity contribution in [3.8, 4) is 0 Å². The zero-order chi connectivity index (χ0) is 14.8. The van der Waals surface area contributed by atoms with Gasteiger partial charge in [-0.25, -0.2) is 14.2 Å². The lowest BCUT2D eigenvalue weighted by Crippen LogP contribution is -2.29. The Kier molecular flexibility index (Phi) is 4.65. The molecule has 0 saturated carbocycles. The first-order valence-corrected chi connectivity index (χ1v) is 6.49. The quantitative estimate of drug-likeness (QED) is 0.676. The summed E-state index contributed by atoms with van der Waals surface area (Å²) in [6.07, 6.45) is 0. The molecule has 1 aromatic heterocycles. The number of halogens is 1. The van der Waals surface area contributed by atoms with Gasteiger partial charge in [0.2, 0.25) is 0 Å². The maximum Gasteiger partial charge on any atom is 0.334 e. The molecule has 0 unspecified atom stereocenters. The first-order valence-electron chi connectivity index (χ1n) is 6.49. The number of amides is 1. The molecule has 0 spiro atoms. The Morgan fingerprint density at radius 2 is 1.82 bits per heavy atom. The van der Waals surface area contributed by atoms with Gasteiger partial charge in [-0.2, -0.15) is 0 Å². The van der Waals surface area contributed by atoms with Crippen molar-refractivity contribution in [1.29, 1.82) is 0 Å². The molecule has 0 fully saturated rings. The fourth-order valence-electron chi connectivity index (χ4n) is 2.16. The predicted molar refractivity (Wildman–Crippen MR) is 88.6 cm³/mol. The Bertz CT molecular complexity index is 852. The molecule has 3 rings (SSSR count). The van der Waals surface area contributed by atoms with Crippen LogP contribution in [-0.4, -0.2) is 15.6 Å². The van der Waals surface area contributed by atoms with Crippen LogP contribution in [0.4, 0.5) is 10.5 Å². The van der Waals surface area contributed by atoms with Crippen LogP contribution in [0.1, 0.15) is 5.56 Å². The normalized spacial score (nSPS) is 10.2. The smallest absolute Gasteiger partial charge is 0.326 e. The van der Waals surface area contributed by atoms with Crippen LogP contribution < -0.4 is 16.7 Å². The number of carbonyl (C=O) groups is 1. The van der Waals surface area contributed by atoms with E-state index in [9.17, 15) is 9.59 Å². The lowest BCUT2D eigenvalue weighted by molar-refractivity contribution is 0.253. The van der Waals surface area contributed by atoms with Crippen molar-refractivity contribution in [2.24, 2.45) is 5.73 Å². The van der Waals surface area contributed by atoms with Crippen LogP contribution in [0, 0.1) is 0 Å². The number of H-pyrrole nitrogens is 1. The molecule has 0 aliphatic carbocycles. The molecule has 0 saturated heterocycles. The summed E-state index contributed by atoms with van der Waals surface area (Å²) in [5, 5.41) is 2.69. The van der Waals surface area contributed by atoms with Gasteiger partial charge in [-0.1, -0.05) is 24.3 Å². The third-order valence-corrected chi connectivity index (χ3v) is 3.23. The molecule has 0 bridgehead atoms. The number of nitrogens with zero attached hydrogens (tertiary/aromatic N) is 1. The van der Waals surface area contributed by atoms with E-state index in [0.717, 1.165) is 10.1 Å². The van der Waals surface area contributed by atoms with Gasteiger partial charge in [0.05, 0.1) is 11.0 Å². The third-order valence-electron chi connectivity index (χ3n) is 3.23. The summed E-state index contributed by atoms with van der Waals surface area (Å²) in [5.41, 5.74) is 7.80. The van der Waals surface area contributed by atoms with Crippen LogP contribution in [0.2, 0.25) is 0 Å². The monoisotopic (exact) mass is 318 g/mol. The van der Waals surface area contributed by atoms with Gasteiger partial charge in [-0.05, 0) is 29.8 Å². The number of benzene rings is 2. The van der Waals surface area contributed by atoms with Crippen molar-refractivity contribution in [3.05, 3.63) is 64.6 Å². The Hall–Kier alpha value is -2.57. The van der Waals surface area contributed by atoms with E-state index in [1.165, 1.54) is 0 Å². The van der Waals surface area contributed by atoms with Crippen molar-refractivity contribution in [2.75, 3.05) is 5.32 Å². The summed E-state index contributed by atoms with van der Waals surface area (Å²) in [7, 11) is 0. The molecule has 0 radical (unpaired) electrons. The highest BCUT2D eigenvalue weighted by Gasteiger charge is 2.13. The number of anilines is 1. The first kappa shape index (κ1) is 15.8. The number of aromatic amines is 1. The zero-order valence-corrected chi connectivity index (χ0v) is 12.4. The van der Waals surface area contributed by atoms with Gasteiger partial charge >= 0.3 is 11.7 Å². The van der Waals surface area contributed by atoms with Crippen LogP contribution in [0.3, 0.4) is 0 Å². The number of carbonyl (C=O) groups excluding carboxylic acids is 1. The summed E-state index contributed by atoms with van der Waals surface area (Å²) in [6, 6.07) is 13.7. The van der Waals surface area contributed by atoms with Crippen LogP contribution in [-0.2, 0) is 6.54 Å². The highest BCUT2D eigenvalue weighted by molar-refractivity contribution is 5.97. The van der Waals surface area contributed by atoms with E-state index >= 15 is 0 Å². The lowest BCUT2D eigenvalue weighted by atomic mass is 10.2. The molecule has 1 heterocycles. The molecule has 22 heavy (non-hydrogen) atoms. The predicted octanol–water partition coefficient (Wildman–Crippen LogP) is 2.29. The number of hydrogen-bond acceptors (Lipinski definition) is 3. The zero-order valence-electron chi connectivity index (χ0n) is 11.6. The number of nitrogens with two attached hydrogens (primary N) is 1. The fourth-order valence-corrected chi connectivity index (χ4v) is 2.16. The number of nitrogens with one attached hydrogen (secondary N) is 2. The molecular formula is C15H15ClN4O2. The Labute approximate surface area is 132 Å². The van der Waals surface area contributed by atoms with Gasteiger partial charge in [-0.3, -0.25) is 0 Å². The molecule has 1 amide bonds. The molecule has 114 valence electrons. The van der Waals surface area contributed by atoms with E-state index in [-0.39, 0.29) is 12.4 Å². The summed E-state index contributed by atoms with van der Waals surface area (Å²) in [6.45, 7) is 0.441. The lowest BCUT2D eigenvalue weighted by Gasteiger charge is -2.06. The van der Waals surface area contributed by atoms with Crippen molar-refractivity contribution in [1.82, 2.24) is 9.55 Å². The number of para-hydroxylation sites is 2. The van der Waals surface area contributed by atoms with Crippen LogP contribution in [0.25, 0.3) is 11.0 Å². The largest absolute Gasteiger partial charge is 0.334 e. The first-order chi connectivity index (χ1) is 10.2. The molecule has 0 aliphatic rings. The summed E-state index contributed by atoms with van der Waals surface area (Å²) in [5.74, 6) is 0. The molecule has 0 atom stereocenters. The van der Waals surface area contributed by atoms with E-state index in [4.69, 9.17) is 5.73 Å². The van der Waals surface area contributed by atoms with Gasteiger partial charge in [0.1, 0.15) is 0 Å². The minimum atomic E-state index is -0.502. The number of rotatable bonds is 2. The van der Waals surface area contributed by atoms with E-state index < -0.39 is 11.7 Å². The molecule has 4 N–H and O–H groups in total.